The van der Waals surface area contributed by atoms with Gasteiger partial charge < -0.3 is 0 Å². The van der Waals surface area contributed by atoms with E-state index in [4.69, 9.17) is 0 Å². The third-order valence-corrected chi connectivity index (χ3v) is 3.26. The zero-order chi connectivity index (χ0) is 13.9. The number of halogens is 1. The lowest BCUT2D eigenvalue weighted by atomic mass is 9.96. The molecule has 0 saturated carbocycles. The minimum atomic E-state index is -0.541. The van der Waals surface area contributed by atoms with Crippen molar-refractivity contribution < 1.29 is 9.59 Å². The van der Waals surface area contributed by atoms with Gasteiger partial charge in [0.2, 0.25) is 5.91 Å². The lowest BCUT2D eigenvalue weighted by Gasteiger charge is -2.18. The molecule has 0 aliphatic heterocycles. The van der Waals surface area contributed by atoms with E-state index < -0.39 is 5.41 Å². The van der Waals surface area contributed by atoms with Crippen molar-refractivity contribution in [3.05, 3.63) is 33.8 Å². The van der Waals surface area contributed by atoms with Crippen LogP contribution in [-0.4, -0.2) is 11.8 Å². The Morgan fingerprint density at radius 1 is 1.17 bits per heavy atom. The van der Waals surface area contributed by atoms with E-state index in [1.54, 1.807) is 32.9 Å². The first-order valence-electron chi connectivity index (χ1n) is 5.59. The minimum Gasteiger partial charge on any atom is -0.273 e. The van der Waals surface area contributed by atoms with Gasteiger partial charge in [0.05, 0.1) is 0 Å². The Balaban J connectivity index is 2.66. The molecule has 18 heavy (non-hydrogen) atoms. The molecule has 0 saturated heterocycles. The van der Waals surface area contributed by atoms with Crippen molar-refractivity contribution in [3.63, 3.8) is 0 Å². The van der Waals surface area contributed by atoms with Crippen molar-refractivity contribution >= 4 is 27.7 Å². The van der Waals surface area contributed by atoms with Crippen molar-refractivity contribution in [2.75, 3.05) is 0 Å². The Morgan fingerprint density at radius 3 is 2.28 bits per heavy atom. The van der Waals surface area contributed by atoms with Crippen LogP contribution in [-0.2, 0) is 4.79 Å². The van der Waals surface area contributed by atoms with Crippen LogP contribution in [0, 0.1) is 12.3 Å². The summed E-state index contributed by atoms with van der Waals surface area (Å²) in [5.41, 5.74) is 5.79. The zero-order valence-electron chi connectivity index (χ0n) is 10.9. The fourth-order valence-corrected chi connectivity index (χ4v) is 1.49. The Kier molecular flexibility index (Phi) is 4.51. The molecule has 5 heteroatoms. The van der Waals surface area contributed by atoms with Crippen molar-refractivity contribution in [3.8, 4) is 0 Å². The number of hydrogen-bond acceptors (Lipinski definition) is 2. The summed E-state index contributed by atoms with van der Waals surface area (Å²) in [5.74, 6) is -0.574. The summed E-state index contributed by atoms with van der Waals surface area (Å²) >= 11 is 3.36. The molecule has 0 fully saturated rings. The maximum absolute atomic E-state index is 11.8. The van der Waals surface area contributed by atoms with E-state index in [2.05, 4.69) is 26.8 Å². The van der Waals surface area contributed by atoms with Gasteiger partial charge in [-0.2, -0.15) is 0 Å². The second kappa shape index (κ2) is 5.52. The van der Waals surface area contributed by atoms with Crippen molar-refractivity contribution in [2.24, 2.45) is 5.41 Å². The summed E-state index contributed by atoms with van der Waals surface area (Å²) in [6.45, 7) is 7.26. The largest absolute Gasteiger partial charge is 0.273 e. The van der Waals surface area contributed by atoms with Gasteiger partial charge in [-0.05, 0) is 24.6 Å². The number of aryl methyl sites for hydroxylation is 1. The highest BCUT2D eigenvalue weighted by atomic mass is 79.9. The first kappa shape index (κ1) is 14.7. The highest BCUT2D eigenvalue weighted by Gasteiger charge is 2.21. The molecule has 0 radical (unpaired) electrons. The SMILES string of the molecule is Cc1ccc(C(=O)NNC(=O)C(C)(C)C)cc1Br. The number of carbonyl (C=O) groups is 2. The molecule has 2 N–H and O–H groups in total. The average Bonchev–Trinajstić information content (AvgIpc) is 2.27. The second-order valence-electron chi connectivity index (χ2n) is 5.12. The zero-order valence-corrected chi connectivity index (χ0v) is 12.5. The van der Waals surface area contributed by atoms with Gasteiger partial charge in [-0.3, -0.25) is 20.4 Å². The molecule has 1 aromatic carbocycles. The normalized spacial score (nSPS) is 10.9. The van der Waals surface area contributed by atoms with Gasteiger partial charge in [0.25, 0.3) is 5.91 Å². The third-order valence-electron chi connectivity index (χ3n) is 2.40. The van der Waals surface area contributed by atoms with Crippen LogP contribution in [0.1, 0.15) is 36.7 Å². The Morgan fingerprint density at radius 2 is 1.78 bits per heavy atom. The molecule has 1 rings (SSSR count). The molecule has 0 aromatic heterocycles. The van der Waals surface area contributed by atoms with Crippen LogP contribution < -0.4 is 10.9 Å². The standard InChI is InChI=1S/C13H17BrN2O2/c1-8-5-6-9(7-10(8)14)11(17)15-16-12(18)13(2,3)4/h5-7H,1-4H3,(H,15,17)(H,16,18). The quantitative estimate of drug-likeness (QED) is 0.783. The predicted octanol–water partition coefficient (Wildman–Crippen LogP) is 2.56. The molecule has 98 valence electrons. The third kappa shape index (κ3) is 3.84. The van der Waals surface area contributed by atoms with Crippen molar-refractivity contribution in [1.29, 1.82) is 0 Å². The summed E-state index contributed by atoms with van der Waals surface area (Å²) in [4.78, 5) is 23.4. The molecule has 0 unspecified atom stereocenters. The van der Waals surface area contributed by atoms with E-state index in [9.17, 15) is 9.59 Å². The van der Waals surface area contributed by atoms with E-state index in [-0.39, 0.29) is 11.8 Å². The number of hydrogen-bond donors (Lipinski definition) is 2. The molecular formula is C13H17BrN2O2. The molecule has 4 nitrogen and oxygen atoms in total. The molecule has 0 aliphatic rings. The Hall–Kier alpha value is -1.36. The predicted molar refractivity (Wildman–Crippen MR) is 73.9 cm³/mol. The maximum Gasteiger partial charge on any atom is 0.269 e. The topological polar surface area (TPSA) is 58.2 Å². The molecule has 0 atom stereocenters. The van der Waals surface area contributed by atoms with Gasteiger partial charge in [-0.25, -0.2) is 0 Å². The van der Waals surface area contributed by atoms with Crippen LogP contribution in [0.2, 0.25) is 0 Å². The van der Waals surface area contributed by atoms with E-state index in [1.807, 2.05) is 13.0 Å². The number of carbonyl (C=O) groups excluding carboxylic acids is 2. The lowest BCUT2D eigenvalue weighted by Crippen LogP contribution is -2.46. The summed E-state index contributed by atoms with van der Waals surface area (Å²) in [6.07, 6.45) is 0. The van der Waals surface area contributed by atoms with E-state index in [1.165, 1.54) is 0 Å². The highest BCUT2D eigenvalue weighted by molar-refractivity contribution is 9.10. The summed E-state index contributed by atoms with van der Waals surface area (Å²) in [7, 11) is 0. The molecule has 0 spiro atoms. The number of hydrazine groups is 1. The summed E-state index contributed by atoms with van der Waals surface area (Å²) < 4.78 is 0.859. The molecule has 0 heterocycles. The van der Waals surface area contributed by atoms with Crippen LogP contribution >= 0.6 is 15.9 Å². The number of amides is 2. The Bertz CT molecular complexity index is 478. The van der Waals surface area contributed by atoms with Gasteiger partial charge >= 0.3 is 0 Å². The highest BCUT2D eigenvalue weighted by Crippen LogP contribution is 2.17. The summed E-state index contributed by atoms with van der Waals surface area (Å²) in [5, 5.41) is 0. The maximum atomic E-state index is 11.8. The average molecular weight is 313 g/mol. The smallest absolute Gasteiger partial charge is 0.269 e. The van der Waals surface area contributed by atoms with E-state index in [0.717, 1.165) is 10.0 Å². The first-order valence-corrected chi connectivity index (χ1v) is 6.38. The summed E-state index contributed by atoms with van der Waals surface area (Å²) in [6, 6.07) is 5.26. The molecule has 0 aliphatic carbocycles. The van der Waals surface area contributed by atoms with Gasteiger partial charge in [-0.1, -0.05) is 42.8 Å². The van der Waals surface area contributed by atoms with E-state index >= 15 is 0 Å². The number of rotatable bonds is 1. The number of benzene rings is 1. The van der Waals surface area contributed by atoms with Gasteiger partial charge in [-0.15, -0.1) is 0 Å². The van der Waals surface area contributed by atoms with Crippen molar-refractivity contribution in [1.82, 2.24) is 10.9 Å². The molecule has 0 bridgehead atoms. The van der Waals surface area contributed by atoms with Gasteiger partial charge in [0.1, 0.15) is 0 Å². The first-order chi connectivity index (χ1) is 8.21. The fraction of sp³-hybridized carbons (Fsp3) is 0.385. The van der Waals surface area contributed by atoms with Crippen LogP contribution in [0.4, 0.5) is 0 Å². The van der Waals surface area contributed by atoms with E-state index in [0.29, 0.717) is 5.56 Å². The lowest BCUT2D eigenvalue weighted by molar-refractivity contribution is -0.129. The van der Waals surface area contributed by atoms with Crippen LogP contribution in [0.15, 0.2) is 22.7 Å². The monoisotopic (exact) mass is 312 g/mol. The molecule has 2 amide bonds. The van der Waals surface area contributed by atoms with Gasteiger partial charge in [0, 0.05) is 15.5 Å². The minimum absolute atomic E-state index is 0.234. The van der Waals surface area contributed by atoms with Crippen molar-refractivity contribution in [2.45, 2.75) is 27.7 Å². The number of nitrogens with one attached hydrogen (secondary N) is 2. The fourth-order valence-electron chi connectivity index (χ4n) is 1.11. The Labute approximate surface area is 115 Å². The second-order valence-corrected chi connectivity index (χ2v) is 5.98. The van der Waals surface area contributed by atoms with Crippen LogP contribution in [0.3, 0.4) is 0 Å². The van der Waals surface area contributed by atoms with Gasteiger partial charge in [0.15, 0.2) is 0 Å². The van der Waals surface area contributed by atoms with Crippen LogP contribution in [0.5, 0.6) is 0 Å². The molecule has 1 aromatic rings. The molecular weight excluding hydrogens is 296 g/mol. The van der Waals surface area contributed by atoms with Crippen LogP contribution in [0.25, 0.3) is 0 Å².